The van der Waals surface area contributed by atoms with Gasteiger partial charge in [0.1, 0.15) is 73.2 Å². The van der Waals surface area contributed by atoms with Crippen LogP contribution in [0.25, 0.3) is 0 Å². The molecule has 0 bridgehead atoms. The molecular weight excluding hydrogens is 560 g/mol. The molecule has 17 nitrogen and oxygen atoms in total. The maximum atomic E-state index is 11.0. The van der Waals surface area contributed by atoms with Gasteiger partial charge in [-0.3, -0.25) is 0 Å². The van der Waals surface area contributed by atoms with Crippen molar-refractivity contribution in [2.24, 2.45) is 0 Å². The van der Waals surface area contributed by atoms with Gasteiger partial charge in [-0.1, -0.05) is 0 Å². The average Bonchev–Trinajstić information content (AvgIpc) is 2.92. The van der Waals surface area contributed by atoms with E-state index in [4.69, 9.17) is 33.2 Å². The highest BCUT2D eigenvalue weighted by Crippen LogP contribution is 2.34. The molecule has 4 aliphatic rings. The van der Waals surface area contributed by atoms with Crippen molar-refractivity contribution >= 4 is 0 Å². The number of hydrogen-bond donors (Lipinski definition) is 10. The van der Waals surface area contributed by atoms with Gasteiger partial charge in [-0.15, -0.1) is 0 Å². The van der Waals surface area contributed by atoms with Crippen LogP contribution >= 0.6 is 0 Å². The average molecular weight is 603 g/mol. The quantitative estimate of drug-likeness (QED) is 0.136. The van der Waals surface area contributed by atoms with E-state index in [1.54, 1.807) is 0 Å². The van der Waals surface area contributed by atoms with Crippen molar-refractivity contribution in [3.8, 4) is 0 Å². The molecule has 0 amide bonds. The first-order valence-corrected chi connectivity index (χ1v) is 13.5. The number of hydrogen-bond acceptors (Lipinski definition) is 17. The first-order chi connectivity index (χ1) is 19.1. The number of aliphatic hydroxyl groups is 10. The van der Waals surface area contributed by atoms with Crippen LogP contribution in [0.5, 0.6) is 0 Å². The van der Waals surface area contributed by atoms with Crippen molar-refractivity contribution in [3.05, 3.63) is 0 Å². The van der Waals surface area contributed by atoms with E-state index in [0.717, 1.165) is 0 Å². The zero-order valence-corrected chi connectivity index (χ0v) is 22.9. The van der Waals surface area contributed by atoms with Gasteiger partial charge in [0.15, 0.2) is 25.2 Å². The highest BCUT2D eigenvalue weighted by Gasteiger charge is 2.54. The molecule has 0 unspecified atom stereocenters. The summed E-state index contributed by atoms with van der Waals surface area (Å²) in [4.78, 5) is 0. The van der Waals surface area contributed by atoms with Crippen LogP contribution in [-0.2, 0) is 33.2 Å². The fourth-order valence-corrected chi connectivity index (χ4v) is 5.30. The fraction of sp³-hybridized carbons (Fsp3) is 1.00. The van der Waals surface area contributed by atoms with E-state index in [1.165, 1.54) is 27.7 Å². The number of rotatable bonds is 6. The molecule has 240 valence electrons. The van der Waals surface area contributed by atoms with Crippen LogP contribution < -0.4 is 0 Å². The molecule has 0 saturated carbocycles. The lowest BCUT2D eigenvalue weighted by Gasteiger charge is -2.48. The van der Waals surface area contributed by atoms with Gasteiger partial charge < -0.3 is 84.2 Å². The Morgan fingerprint density at radius 3 is 1.15 bits per heavy atom. The highest BCUT2D eigenvalue weighted by molar-refractivity contribution is 4.96. The van der Waals surface area contributed by atoms with E-state index in [9.17, 15) is 51.1 Å². The van der Waals surface area contributed by atoms with Gasteiger partial charge in [0.05, 0.1) is 24.4 Å². The van der Waals surface area contributed by atoms with E-state index < -0.39 is 123 Å². The topological polar surface area (TPSA) is 267 Å². The Kier molecular flexibility index (Phi) is 10.6. The summed E-state index contributed by atoms with van der Waals surface area (Å²) < 4.78 is 38.5. The molecule has 0 aromatic carbocycles. The Hall–Kier alpha value is -0.680. The third-order valence-corrected chi connectivity index (χ3v) is 8.05. The standard InChI is InChI=1S/C24H42O17/c1-5-10(26)14(30)20(21(34)35-5)41-24-17(33)19(12(28)8(4)38-24)40-23-16(32)18(11(27)7(3)37-23)39-22-15(31)13(29)9(25)6(2)36-22/h5-34H,1-4H3/t5-,6-,7-,8-,9-,10-,11-,12-,13+,14+,15+,16+,17+,18+,19+,20+,21+,22-,23-,24-/m0/s1. The predicted molar refractivity (Wildman–Crippen MR) is 128 cm³/mol. The molecule has 17 heteroatoms. The van der Waals surface area contributed by atoms with Crippen molar-refractivity contribution in [2.75, 3.05) is 0 Å². The minimum absolute atomic E-state index is 0.914. The third kappa shape index (κ3) is 6.57. The van der Waals surface area contributed by atoms with E-state index in [2.05, 4.69) is 0 Å². The Balaban J connectivity index is 1.47. The molecule has 0 aromatic rings. The lowest BCUT2D eigenvalue weighted by molar-refractivity contribution is -0.386. The second kappa shape index (κ2) is 13.1. The van der Waals surface area contributed by atoms with Crippen LogP contribution in [0.3, 0.4) is 0 Å². The maximum absolute atomic E-state index is 11.0. The molecule has 0 aliphatic carbocycles. The molecule has 0 aromatic heterocycles. The Morgan fingerprint density at radius 2 is 0.683 bits per heavy atom. The zero-order valence-electron chi connectivity index (χ0n) is 22.9. The molecule has 4 saturated heterocycles. The van der Waals surface area contributed by atoms with Gasteiger partial charge in [0, 0.05) is 0 Å². The summed E-state index contributed by atoms with van der Waals surface area (Å²) in [6, 6.07) is 0. The van der Waals surface area contributed by atoms with Crippen LogP contribution in [0.1, 0.15) is 27.7 Å². The molecule has 0 radical (unpaired) electrons. The lowest BCUT2D eigenvalue weighted by Crippen LogP contribution is -2.66. The van der Waals surface area contributed by atoms with Crippen LogP contribution in [0.4, 0.5) is 0 Å². The summed E-state index contributed by atoms with van der Waals surface area (Å²) in [5.41, 5.74) is 0. The molecule has 20 atom stereocenters. The van der Waals surface area contributed by atoms with Gasteiger partial charge in [-0.05, 0) is 27.7 Å². The van der Waals surface area contributed by atoms with Crippen molar-refractivity contribution in [1.29, 1.82) is 0 Å². The van der Waals surface area contributed by atoms with Gasteiger partial charge >= 0.3 is 0 Å². The van der Waals surface area contributed by atoms with Crippen LogP contribution in [-0.4, -0.2) is 174 Å². The largest absolute Gasteiger partial charge is 0.388 e. The zero-order chi connectivity index (χ0) is 30.5. The summed E-state index contributed by atoms with van der Waals surface area (Å²) in [5, 5.41) is 104. The second-order valence-electron chi connectivity index (χ2n) is 11.1. The molecule has 0 spiro atoms. The molecular formula is C24H42O17. The molecule has 4 aliphatic heterocycles. The van der Waals surface area contributed by atoms with Gasteiger partial charge in [-0.25, -0.2) is 0 Å². The molecule has 4 rings (SSSR count). The summed E-state index contributed by atoms with van der Waals surface area (Å²) in [7, 11) is 0. The SMILES string of the molecule is C[C@@H]1O[C@@H](O[C@@H]2[C@@H](O)[C@H](C)O[C@@H](O[C@@H]3[C@@H](O)[C@H](C)O[C@@H](O[C@@H]4[C@H](O)[C@@H](O)[C@H](C)O[C@H]4O)[C@@H]3O)[C@@H]2O)[C@H](O)[C@H](O)[C@H]1O. The smallest absolute Gasteiger partial charge is 0.187 e. The van der Waals surface area contributed by atoms with Gasteiger partial charge in [0.2, 0.25) is 0 Å². The summed E-state index contributed by atoms with van der Waals surface area (Å²) in [6.45, 7) is 5.70. The lowest BCUT2D eigenvalue weighted by atomic mass is 9.96. The van der Waals surface area contributed by atoms with Crippen molar-refractivity contribution in [3.63, 3.8) is 0 Å². The van der Waals surface area contributed by atoms with E-state index in [0.29, 0.717) is 0 Å². The maximum Gasteiger partial charge on any atom is 0.187 e. The van der Waals surface area contributed by atoms with E-state index in [-0.39, 0.29) is 0 Å². The summed E-state index contributed by atoms with van der Waals surface area (Å²) >= 11 is 0. The minimum atomic E-state index is -1.80. The van der Waals surface area contributed by atoms with Gasteiger partial charge in [-0.2, -0.15) is 0 Å². The highest BCUT2D eigenvalue weighted by atomic mass is 16.8. The van der Waals surface area contributed by atoms with Crippen LogP contribution in [0.15, 0.2) is 0 Å². The number of ether oxygens (including phenoxy) is 7. The Bertz CT molecular complexity index is 853. The van der Waals surface area contributed by atoms with Crippen LogP contribution in [0, 0.1) is 0 Å². The van der Waals surface area contributed by atoms with Gasteiger partial charge in [0.25, 0.3) is 0 Å². The summed E-state index contributed by atoms with van der Waals surface area (Å²) in [5.74, 6) is 0. The second-order valence-corrected chi connectivity index (χ2v) is 11.1. The number of aliphatic hydroxyl groups excluding tert-OH is 10. The molecule has 10 N–H and O–H groups in total. The monoisotopic (exact) mass is 602 g/mol. The van der Waals surface area contributed by atoms with Crippen LogP contribution in [0.2, 0.25) is 0 Å². The third-order valence-electron chi connectivity index (χ3n) is 8.05. The molecule has 41 heavy (non-hydrogen) atoms. The fourth-order valence-electron chi connectivity index (χ4n) is 5.30. The summed E-state index contributed by atoms with van der Waals surface area (Å²) in [6.07, 6.45) is -29.5. The van der Waals surface area contributed by atoms with Crippen molar-refractivity contribution < 1.29 is 84.2 Å². The normalized spacial score (nSPS) is 56.9. The minimum Gasteiger partial charge on any atom is -0.388 e. The first kappa shape index (κ1) is 33.2. The first-order valence-electron chi connectivity index (χ1n) is 13.5. The molecule has 4 fully saturated rings. The predicted octanol–water partition coefficient (Wildman–Crippen LogP) is -5.64. The van der Waals surface area contributed by atoms with E-state index >= 15 is 0 Å². The Labute approximate surface area is 235 Å². The van der Waals surface area contributed by atoms with Crippen molar-refractivity contribution in [2.45, 2.75) is 151 Å². The molecule has 4 heterocycles. The van der Waals surface area contributed by atoms with Crippen molar-refractivity contribution in [1.82, 2.24) is 0 Å². The van der Waals surface area contributed by atoms with E-state index in [1.807, 2.05) is 0 Å². The Morgan fingerprint density at radius 1 is 0.341 bits per heavy atom.